The minimum absolute atomic E-state index is 0.0146. The maximum absolute atomic E-state index is 5.92. The molecular weight excluding hydrogens is 180 g/mol. The monoisotopic (exact) mass is 200 g/mol. The van der Waals surface area contributed by atoms with E-state index in [-0.39, 0.29) is 17.8 Å². The van der Waals surface area contributed by atoms with Gasteiger partial charge in [-0.25, -0.2) is 0 Å². The Morgan fingerprint density at radius 2 is 1.71 bits per heavy atom. The Labute approximate surface area is 85.7 Å². The predicted molar refractivity (Wildman–Crippen MR) is 53.1 cm³/mol. The highest BCUT2D eigenvalue weighted by molar-refractivity contribution is 4.88. The summed E-state index contributed by atoms with van der Waals surface area (Å²) >= 11 is 0. The zero-order valence-electron chi connectivity index (χ0n) is 9.50. The van der Waals surface area contributed by atoms with Crippen LogP contribution in [-0.2, 0) is 14.2 Å². The molecular formula is C11H20O3. The second kappa shape index (κ2) is 3.19. The lowest BCUT2D eigenvalue weighted by molar-refractivity contribution is -0.159. The fourth-order valence-electron chi connectivity index (χ4n) is 2.18. The van der Waals surface area contributed by atoms with Crippen molar-refractivity contribution in [3.8, 4) is 0 Å². The topological polar surface area (TPSA) is 27.7 Å². The van der Waals surface area contributed by atoms with Crippen LogP contribution in [0.4, 0.5) is 0 Å². The zero-order chi connectivity index (χ0) is 10.4. The summed E-state index contributed by atoms with van der Waals surface area (Å²) in [5.74, 6) is -0.430. The first-order chi connectivity index (χ1) is 6.38. The van der Waals surface area contributed by atoms with Crippen molar-refractivity contribution in [1.29, 1.82) is 0 Å². The van der Waals surface area contributed by atoms with Crippen LogP contribution in [0, 0.1) is 0 Å². The van der Waals surface area contributed by atoms with Gasteiger partial charge in [-0.2, -0.15) is 0 Å². The highest BCUT2D eigenvalue weighted by atomic mass is 16.7. The Morgan fingerprint density at radius 1 is 1.00 bits per heavy atom. The predicted octanol–water partition coefficient (Wildman–Crippen LogP) is 2.10. The van der Waals surface area contributed by atoms with Gasteiger partial charge in [-0.1, -0.05) is 0 Å². The first-order valence-electron chi connectivity index (χ1n) is 5.38. The molecule has 0 radical (unpaired) electrons. The van der Waals surface area contributed by atoms with E-state index in [1.54, 1.807) is 0 Å². The molecule has 82 valence electrons. The lowest BCUT2D eigenvalue weighted by Crippen LogP contribution is -2.32. The fourth-order valence-corrected chi connectivity index (χ4v) is 2.18. The Bertz CT molecular complexity index is 199. The molecule has 0 amide bonds. The van der Waals surface area contributed by atoms with Crippen molar-refractivity contribution in [3.05, 3.63) is 0 Å². The van der Waals surface area contributed by atoms with Crippen molar-refractivity contribution in [2.24, 2.45) is 0 Å². The molecule has 0 unspecified atom stereocenters. The lowest BCUT2D eigenvalue weighted by Gasteiger charge is -2.23. The average molecular weight is 200 g/mol. The third kappa shape index (κ3) is 2.10. The largest absolute Gasteiger partial charge is 0.370 e. The molecule has 0 aliphatic carbocycles. The van der Waals surface area contributed by atoms with E-state index in [0.717, 1.165) is 12.8 Å². The van der Waals surface area contributed by atoms with Crippen LogP contribution in [0.1, 0.15) is 40.5 Å². The molecule has 2 heterocycles. The lowest BCUT2D eigenvalue weighted by atomic mass is 10.0. The van der Waals surface area contributed by atoms with Crippen molar-refractivity contribution >= 4 is 0 Å². The summed E-state index contributed by atoms with van der Waals surface area (Å²) in [6.07, 6.45) is 2.52. The molecule has 2 fully saturated rings. The molecule has 0 aromatic rings. The van der Waals surface area contributed by atoms with E-state index in [9.17, 15) is 0 Å². The smallest absolute Gasteiger partial charge is 0.163 e. The van der Waals surface area contributed by atoms with Crippen molar-refractivity contribution in [2.45, 2.75) is 64.1 Å². The normalized spacial score (nSPS) is 40.3. The van der Waals surface area contributed by atoms with Crippen LogP contribution < -0.4 is 0 Å². The van der Waals surface area contributed by atoms with E-state index < -0.39 is 5.79 Å². The van der Waals surface area contributed by atoms with E-state index in [1.807, 2.05) is 13.8 Å². The minimum Gasteiger partial charge on any atom is -0.370 e. The summed E-state index contributed by atoms with van der Waals surface area (Å²) in [6, 6.07) is 0. The van der Waals surface area contributed by atoms with Gasteiger partial charge in [0.1, 0.15) is 6.10 Å². The molecule has 2 atom stereocenters. The molecule has 0 aromatic carbocycles. The van der Waals surface area contributed by atoms with E-state index in [2.05, 4.69) is 13.8 Å². The SMILES string of the molecule is CC1(C)CC[C@H]([C@H]2COC(C)(C)O2)O1. The van der Waals surface area contributed by atoms with Crippen molar-refractivity contribution in [3.63, 3.8) is 0 Å². The summed E-state index contributed by atoms with van der Waals surface area (Å²) in [5, 5.41) is 0. The van der Waals surface area contributed by atoms with Crippen LogP contribution >= 0.6 is 0 Å². The summed E-state index contributed by atoms with van der Waals surface area (Å²) in [5.41, 5.74) is 0.0146. The Balaban J connectivity index is 1.93. The van der Waals surface area contributed by atoms with Crippen LogP contribution in [0.2, 0.25) is 0 Å². The molecule has 14 heavy (non-hydrogen) atoms. The van der Waals surface area contributed by atoms with Gasteiger partial charge in [0.15, 0.2) is 5.79 Å². The average Bonchev–Trinajstić information content (AvgIpc) is 2.54. The Hall–Kier alpha value is -0.120. The Morgan fingerprint density at radius 3 is 2.14 bits per heavy atom. The molecule has 0 spiro atoms. The highest BCUT2D eigenvalue weighted by Crippen LogP contribution is 2.35. The highest BCUT2D eigenvalue weighted by Gasteiger charge is 2.43. The van der Waals surface area contributed by atoms with Gasteiger partial charge in [0.2, 0.25) is 0 Å². The summed E-state index contributed by atoms with van der Waals surface area (Å²) < 4.78 is 17.2. The van der Waals surface area contributed by atoms with Gasteiger partial charge >= 0.3 is 0 Å². The second-order valence-corrected chi connectivity index (χ2v) is 5.32. The third-order valence-corrected chi connectivity index (χ3v) is 2.95. The van der Waals surface area contributed by atoms with Gasteiger partial charge in [-0.05, 0) is 40.5 Å². The number of rotatable bonds is 1. The molecule has 0 aromatic heterocycles. The van der Waals surface area contributed by atoms with Crippen molar-refractivity contribution in [1.82, 2.24) is 0 Å². The van der Waals surface area contributed by atoms with Gasteiger partial charge < -0.3 is 14.2 Å². The van der Waals surface area contributed by atoms with Crippen LogP contribution in [0.25, 0.3) is 0 Å². The molecule has 2 aliphatic rings. The molecule has 2 rings (SSSR count). The molecule has 2 aliphatic heterocycles. The third-order valence-electron chi connectivity index (χ3n) is 2.95. The molecule has 3 nitrogen and oxygen atoms in total. The zero-order valence-corrected chi connectivity index (χ0v) is 9.50. The summed E-state index contributed by atoms with van der Waals surface area (Å²) in [6.45, 7) is 8.83. The number of hydrogen-bond acceptors (Lipinski definition) is 3. The van der Waals surface area contributed by atoms with Gasteiger partial charge in [0.25, 0.3) is 0 Å². The Kier molecular flexibility index (Phi) is 2.37. The maximum atomic E-state index is 5.92. The quantitative estimate of drug-likeness (QED) is 0.648. The van der Waals surface area contributed by atoms with E-state index in [1.165, 1.54) is 0 Å². The van der Waals surface area contributed by atoms with E-state index >= 15 is 0 Å². The van der Waals surface area contributed by atoms with Gasteiger partial charge in [0, 0.05) is 0 Å². The minimum atomic E-state index is -0.430. The summed E-state index contributed by atoms with van der Waals surface area (Å²) in [4.78, 5) is 0. The first-order valence-corrected chi connectivity index (χ1v) is 5.38. The van der Waals surface area contributed by atoms with Gasteiger partial charge in [-0.15, -0.1) is 0 Å². The number of hydrogen-bond donors (Lipinski definition) is 0. The summed E-state index contributed by atoms with van der Waals surface area (Å²) in [7, 11) is 0. The van der Waals surface area contributed by atoms with Gasteiger partial charge in [-0.3, -0.25) is 0 Å². The van der Waals surface area contributed by atoms with Crippen molar-refractivity contribution < 1.29 is 14.2 Å². The van der Waals surface area contributed by atoms with Crippen LogP contribution in [0.15, 0.2) is 0 Å². The molecule has 2 saturated heterocycles. The number of ether oxygens (including phenoxy) is 3. The molecule has 0 saturated carbocycles. The van der Waals surface area contributed by atoms with Crippen LogP contribution in [0.5, 0.6) is 0 Å². The molecule has 0 N–H and O–H groups in total. The maximum Gasteiger partial charge on any atom is 0.163 e. The second-order valence-electron chi connectivity index (χ2n) is 5.32. The van der Waals surface area contributed by atoms with Crippen molar-refractivity contribution in [2.75, 3.05) is 6.61 Å². The van der Waals surface area contributed by atoms with Gasteiger partial charge in [0.05, 0.1) is 18.3 Å². The standard InChI is InChI=1S/C11H20O3/c1-10(2)6-5-8(13-10)9-7-12-11(3,4)14-9/h8-9H,5-7H2,1-4H3/t8-,9-/m1/s1. The van der Waals surface area contributed by atoms with Crippen LogP contribution in [-0.4, -0.2) is 30.2 Å². The molecule has 0 bridgehead atoms. The fraction of sp³-hybridized carbons (Fsp3) is 1.00. The van der Waals surface area contributed by atoms with E-state index in [0.29, 0.717) is 6.61 Å². The first kappa shape index (κ1) is 10.4. The van der Waals surface area contributed by atoms with E-state index in [4.69, 9.17) is 14.2 Å². The molecule has 3 heteroatoms. The van der Waals surface area contributed by atoms with Crippen LogP contribution in [0.3, 0.4) is 0 Å².